The van der Waals surface area contributed by atoms with Crippen molar-refractivity contribution in [3.05, 3.63) is 34.9 Å². The third kappa shape index (κ3) is 3.26. The van der Waals surface area contributed by atoms with Gasteiger partial charge in [-0.1, -0.05) is 30.7 Å². The van der Waals surface area contributed by atoms with Gasteiger partial charge in [-0.25, -0.2) is 0 Å². The second-order valence-electron chi connectivity index (χ2n) is 4.77. The van der Waals surface area contributed by atoms with E-state index in [1.807, 2.05) is 24.3 Å². The Morgan fingerprint density at radius 3 is 2.79 bits per heavy atom. The summed E-state index contributed by atoms with van der Waals surface area (Å²) >= 11 is 5.91. The van der Waals surface area contributed by atoms with E-state index in [0.717, 1.165) is 25.1 Å². The second kappa shape index (κ2) is 6.37. The van der Waals surface area contributed by atoms with Crippen molar-refractivity contribution < 1.29 is 9.90 Å². The van der Waals surface area contributed by atoms with Gasteiger partial charge in [0, 0.05) is 30.7 Å². The topological polar surface area (TPSA) is 52.6 Å². The zero-order chi connectivity index (χ0) is 13.8. The normalized spacial score (nSPS) is 22.1. The smallest absolute Gasteiger partial charge is 0.322 e. The molecule has 2 unspecified atom stereocenters. The number of piperazine rings is 1. The Morgan fingerprint density at radius 1 is 1.53 bits per heavy atom. The molecule has 19 heavy (non-hydrogen) atoms. The lowest BCUT2D eigenvalue weighted by atomic mass is 9.99. The standard InChI is InChI=1S/C14H19ClN2O2/c1-2-12(10-3-5-11(15)6-4-10)17-8-7-16-9-13(17)14(18)19/h3-6,12-13,16H,2,7-9H2,1H3,(H,18,19). The van der Waals surface area contributed by atoms with Gasteiger partial charge in [-0.2, -0.15) is 0 Å². The Hall–Kier alpha value is -1.10. The molecular weight excluding hydrogens is 264 g/mol. The van der Waals surface area contributed by atoms with E-state index in [0.29, 0.717) is 11.6 Å². The number of hydrogen-bond acceptors (Lipinski definition) is 3. The number of hydrogen-bond donors (Lipinski definition) is 2. The number of nitrogens with one attached hydrogen (secondary N) is 1. The fourth-order valence-corrected chi connectivity index (χ4v) is 2.79. The number of carboxylic acids is 1. The maximum absolute atomic E-state index is 11.4. The first-order chi connectivity index (χ1) is 9.13. The molecule has 0 saturated carbocycles. The molecule has 1 aliphatic rings. The summed E-state index contributed by atoms with van der Waals surface area (Å²) in [6, 6.07) is 7.35. The maximum Gasteiger partial charge on any atom is 0.322 e. The van der Waals surface area contributed by atoms with Crippen LogP contribution in [0.3, 0.4) is 0 Å². The average Bonchev–Trinajstić information content (AvgIpc) is 2.42. The van der Waals surface area contributed by atoms with Crippen LogP contribution in [0.25, 0.3) is 0 Å². The van der Waals surface area contributed by atoms with Crippen LogP contribution in [0.4, 0.5) is 0 Å². The summed E-state index contributed by atoms with van der Waals surface area (Å²) in [4.78, 5) is 13.4. The van der Waals surface area contributed by atoms with Gasteiger partial charge in [0.25, 0.3) is 0 Å². The predicted molar refractivity (Wildman–Crippen MR) is 75.5 cm³/mol. The fraction of sp³-hybridized carbons (Fsp3) is 0.500. The van der Waals surface area contributed by atoms with Gasteiger partial charge in [0.15, 0.2) is 0 Å². The number of nitrogens with zero attached hydrogens (tertiary/aromatic N) is 1. The Labute approximate surface area is 118 Å². The quantitative estimate of drug-likeness (QED) is 0.888. The van der Waals surface area contributed by atoms with E-state index >= 15 is 0 Å². The number of halogens is 1. The largest absolute Gasteiger partial charge is 0.480 e. The fourth-order valence-electron chi connectivity index (χ4n) is 2.67. The van der Waals surface area contributed by atoms with E-state index < -0.39 is 12.0 Å². The van der Waals surface area contributed by atoms with Crippen LogP contribution in [0, 0.1) is 0 Å². The van der Waals surface area contributed by atoms with Crippen LogP contribution >= 0.6 is 11.6 Å². The second-order valence-corrected chi connectivity index (χ2v) is 5.21. The van der Waals surface area contributed by atoms with Crippen molar-refractivity contribution in [2.75, 3.05) is 19.6 Å². The molecule has 0 amide bonds. The third-order valence-corrected chi connectivity index (χ3v) is 3.86. The van der Waals surface area contributed by atoms with Crippen LogP contribution in [0.5, 0.6) is 0 Å². The summed E-state index contributed by atoms with van der Waals surface area (Å²) in [5.74, 6) is -0.764. The highest BCUT2D eigenvalue weighted by molar-refractivity contribution is 6.30. The molecule has 1 aromatic rings. The van der Waals surface area contributed by atoms with Crippen molar-refractivity contribution in [2.24, 2.45) is 0 Å². The molecule has 104 valence electrons. The van der Waals surface area contributed by atoms with Gasteiger partial charge in [-0.3, -0.25) is 9.69 Å². The van der Waals surface area contributed by atoms with Gasteiger partial charge >= 0.3 is 5.97 Å². The molecule has 1 aliphatic heterocycles. The van der Waals surface area contributed by atoms with E-state index in [9.17, 15) is 9.90 Å². The lowest BCUT2D eigenvalue weighted by Gasteiger charge is -2.39. The Balaban J connectivity index is 2.24. The molecule has 1 heterocycles. The summed E-state index contributed by atoms with van der Waals surface area (Å²) in [6.07, 6.45) is 0.880. The number of rotatable bonds is 4. The molecule has 2 atom stereocenters. The summed E-state index contributed by atoms with van der Waals surface area (Å²) in [7, 11) is 0. The molecule has 0 bridgehead atoms. The van der Waals surface area contributed by atoms with E-state index in [2.05, 4.69) is 17.1 Å². The summed E-state index contributed by atoms with van der Waals surface area (Å²) in [5.41, 5.74) is 1.13. The maximum atomic E-state index is 11.4. The minimum Gasteiger partial charge on any atom is -0.480 e. The van der Waals surface area contributed by atoms with E-state index in [1.54, 1.807) is 0 Å². The lowest BCUT2D eigenvalue weighted by molar-refractivity contribution is -0.145. The lowest BCUT2D eigenvalue weighted by Crippen LogP contribution is -2.55. The van der Waals surface area contributed by atoms with Crippen molar-refractivity contribution in [1.29, 1.82) is 0 Å². The summed E-state index contributed by atoms with van der Waals surface area (Å²) < 4.78 is 0. The van der Waals surface area contributed by atoms with Gasteiger partial charge in [-0.15, -0.1) is 0 Å². The van der Waals surface area contributed by atoms with Gasteiger partial charge in [0.2, 0.25) is 0 Å². The third-order valence-electron chi connectivity index (χ3n) is 3.61. The zero-order valence-electron chi connectivity index (χ0n) is 11.0. The monoisotopic (exact) mass is 282 g/mol. The van der Waals surface area contributed by atoms with Gasteiger partial charge < -0.3 is 10.4 Å². The average molecular weight is 283 g/mol. The van der Waals surface area contributed by atoms with Crippen LogP contribution in [-0.4, -0.2) is 41.7 Å². The van der Waals surface area contributed by atoms with Crippen molar-refractivity contribution in [2.45, 2.75) is 25.4 Å². The van der Waals surface area contributed by atoms with E-state index in [1.165, 1.54) is 0 Å². The molecule has 1 aromatic carbocycles. The highest BCUT2D eigenvalue weighted by atomic mass is 35.5. The van der Waals surface area contributed by atoms with Crippen molar-refractivity contribution in [3.63, 3.8) is 0 Å². The number of carbonyl (C=O) groups is 1. The molecule has 2 rings (SSSR count). The number of carboxylic acid groups (broad SMARTS) is 1. The summed E-state index contributed by atoms with van der Waals surface area (Å²) in [6.45, 7) is 4.16. The van der Waals surface area contributed by atoms with Crippen LogP contribution in [0.15, 0.2) is 24.3 Å². The first-order valence-electron chi connectivity index (χ1n) is 6.58. The molecule has 0 aromatic heterocycles. The SMILES string of the molecule is CCC(c1ccc(Cl)cc1)N1CCNCC1C(=O)O. The molecule has 2 N–H and O–H groups in total. The minimum absolute atomic E-state index is 0.125. The first kappa shape index (κ1) is 14.3. The summed E-state index contributed by atoms with van der Waals surface area (Å²) in [5, 5.41) is 13.2. The van der Waals surface area contributed by atoms with E-state index in [4.69, 9.17) is 11.6 Å². The Bertz CT molecular complexity index is 436. The predicted octanol–water partition coefficient (Wildman–Crippen LogP) is 2.15. The number of aliphatic carboxylic acids is 1. The van der Waals surface area contributed by atoms with Crippen LogP contribution in [0.1, 0.15) is 24.9 Å². The van der Waals surface area contributed by atoms with Crippen LogP contribution < -0.4 is 5.32 Å². The molecule has 0 aliphatic carbocycles. The van der Waals surface area contributed by atoms with Gasteiger partial charge in [0.1, 0.15) is 6.04 Å². The molecule has 0 radical (unpaired) electrons. The van der Waals surface area contributed by atoms with Gasteiger partial charge in [0.05, 0.1) is 0 Å². The van der Waals surface area contributed by atoms with Crippen molar-refractivity contribution in [1.82, 2.24) is 10.2 Å². The van der Waals surface area contributed by atoms with E-state index in [-0.39, 0.29) is 6.04 Å². The highest BCUT2D eigenvalue weighted by Gasteiger charge is 2.33. The molecule has 5 heteroatoms. The van der Waals surface area contributed by atoms with Crippen molar-refractivity contribution >= 4 is 17.6 Å². The number of benzene rings is 1. The van der Waals surface area contributed by atoms with Gasteiger partial charge in [-0.05, 0) is 24.1 Å². The Kier molecular flexibility index (Phi) is 4.80. The Morgan fingerprint density at radius 2 is 2.21 bits per heavy atom. The molecule has 0 spiro atoms. The molecular formula is C14H19ClN2O2. The van der Waals surface area contributed by atoms with Crippen LogP contribution in [0.2, 0.25) is 5.02 Å². The zero-order valence-corrected chi connectivity index (χ0v) is 11.7. The minimum atomic E-state index is -0.764. The van der Waals surface area contributed by atoms with Crippen LogP contribution in [-0.2, 0) is 4.79 Å². The van der Waals surface area contributed by atoms with Crippen molar-refractivity contribution in [3.8, 4) is 0 Å². The molecule has 1 saturated heterocycles. The molecule has 1 fully saturated rings. The first-order valence-corrected chi connectivity index (χ1v) is 6.96. The highest BCUT2D eigenvalue weighted by Crippen LogP contribution is 2.28. The molecule has 4 nitrogen and oxygen atoms in total.